The van der Waals surface area contributed by atoms with Gasteiger partial charge in [0.05, 0.1) is 0 Å². The fraction of sp³-hybridized carbons (Fsp3) is 0.143. The van der Waals surface area contributed by atoms with E-state index in [0.717, 1.165) is 83.5 Å². The zero-order valence-corrected chi connectivity index (χ0v) is 40.5. The first-order valence-electron chi connectivity index (χ1n) is 23.6. The van der Waals surface area contributed by atoms with Gasteiger partial charge < -0.3 is 13.6 Å². The van der Waals surface area contributed by atoms with Crippen molar-refractivity contribution in [3.05, 3.63) is 235 Å². The first-order valence-corrected chi connectivity index (χ1v) is 25.1. The Morgan fingerprint density at radius 2 is 0.456 bits per heavy atom. The second-order valence-electron chi connectivity index (χ2n) is 18.1. The Bertz CT molecular complexity index is 2830. The van der Waals surface area contributed by atoms with Crippen molar-refractivity contribution < 1.29 is 18.1 Å². The van der Waals surface area contributed by atoms with E-state index < -0.39 is 7.82 Å². The van der Waals surface area contributed by atoms with Crippen LogP contribution >= 0.6 is 7.82 Å². The number of hydrogen-bond donors (Lipinski definition) is 0. The summed E-state index contributed by atoms with van der Waals surface area (Å²) in [5, 5.41) is 0. The molecule has 0 radical (unpaired) electrons. The van der Waals surface area contributed by atoms with Gasteiger partial charge >= 0.3 is 7.82 Å². The molecule has 338 valence electrons. The molecule has 9 aromatic carbocycles. The van der Waals surface area contributed by atoms with Crippen LogP contribution in [0.3, 0.4) is 0 Å². The summed E-state index contributed by atoms with van der Waals surface area (Å²) < 4.78 is 38.2. The quantitative estimate of drug-likeness (QED) is 0.0962. The third-order valence-electron chi connectivity index (χ3n) is 12.5. The van der Waals surface area contributed by atoms with Crippen molar-refractivity contribution in [2.45, 2.75) is 59.3 Å². The number of hydrogen-bond acceptors (Lipinski definition) is 4. The van der Waals surface area contributed by atoms with Crippen molar-refractivity contribution in [2.24, 2.45) is 0 Å². The topological polar surface area (TPSA) is 44.8 Å². The standard InChI is InChI=1S/C63H57O4P/c1-43(2)52-37-40-55(61(49-31-19-10-20-32-49)58(52)46-25-13-7-14-26-46)65-68(64,66-56-41-38-53(44(3)4)59(47-27-15-8-16-28-47)62(56)50-33-21-11-22-34-50)67-57-42-39-54(45(5)6)60(48-29-17-9-18-30-48)63(57)51-35-23-12-24-36-51/h7-45H,1-6H3. The molecule has 0 saturated heterocycles. The van der Waals surface area contributed by atoms with Gasteiger partial charge in [-0.2, -0.15) is 4.57 Å². The maximum atomic E-state index is 16.8. The molecule has 0 spiro atoms. The van der Waals surface area contributed by atoms with Crippen LogP contribution in [0, 0.1) is 0 Å². The van der Waals surface area contributed by atoms with Crippen LogP contribution < -0.4 is 13.6 Å². The Morgan fingerprint density at radius 3 is 0.647 bits per heavy atom. The zero-order chi connectivity index (χ0) is 47.2. The van der Waals surface area contributed by atoms with E-state index in [-0.39, 0.29) is 17.8 Å². The fourth-order valence-corrected chi connectivity index (χ4v) is 10.6. The van der Waals surface area contributed by atoms with Crippen LogP contribution in [0.2, 0.25) is 0 Å². The molecule has 9 aromatic rings. The van der Waals surface area contributed by atoms with Crippen LogP contribution in [0.1, 0.15) is 76.0 Å². The molecule has 0 aromatic heterocycles. The normalized spacial score (nSPS) is 11.5. The molecular formula is C63H57O4P. The van der Waals surface area contributed by atoms with Gasteiger partial charge in [-0.15, -0.1) is 0 Å². The first kappa shape index (κ1) is 45.8. The lowest BCUT2D eigenvalue weighted by Crippen LogP contribution is -2.11. The molecule has 0 aliphatic rings. The number of phosphoric acid groups is 1. The maximum absolute atomic E-state index is 16.8. The van der Waals surface area contributed by atoms with Crippen LogP contribution in [0.15, 0.2) is 218 Å². The minimum atomic E-state index is -4.78. The zero-order valence-electron chi connectivity index (χ0n) is 39.6. The molecule has 0 aliphatic heterocycles. The lowest BCUT2D eigenvalue weighted by molar-refractivity contribution is 0.299. The third-order valence-corrected chi connectivity index (χ3v) is 13.7. The molecule has 0 atom stereocenters. The average molecular weight is 909 g/mol. The van der Waals surface area contributed by atoms with Crippen LogP contribution in [-0.4, -0.2) is 0 Å². The largest absolute Gasteiger partial charge is 0.647 e. The van der Waals surface area contributed by atoms with Gasteiger partial charge in [-0.25, -0.2) is 0 Å². The van der Waals surface area contributed by atoms with E-state index in [0.29, 0.717) is 17.2 Å². The first-order chi connectivity index (χ1) is 33.1. The summed E-state index contributed by atoms with van der Waals surface area (Å²) in [6, 6.07) is 73.6. The van der Waals surface area contributed by atoms with E-state index in [2.05, 4.69) is 133 Å². The average Bonchev–Trinajstić information content (AvgIpc) is 3.37. The summed E-state index contributed by atoms with van der Waals surface area (Å²) in [7, 11) is -4.78. The van der Waals surface area contributed by atoms with E-state index >= 15 is 4.57 Å². The van der Waals surface area contributed by atoms with E-state index in [1.807, 2.05) is 127 Å². The monoisotopic (exact) mass is 908 g/mol. The van der Waals surface area contributed by atoms with E-state index in [4.69, 9.17) is 13.6 Å². The van der Waals surface area contributed by atoms with Gasteiger partial charge in [0.25, 0.3) is 0 Å². The summed E-state index contributed by atoms with van der Waals surface area (Å²) >= 11 is 0. The van der Waals surface area contributed by atoms with Crippen molar-refractivity contribution >= 4 is 7.82 Å². The van der Waals surface area contributed by atoms with Crippen LogP contribution in [0.4, 0.5) is 0 Å². The highest BCUT2D eigenvalue weighted by molar-refractivity contribution is 7.49. The van der Waals surface area contributed by atoms with Gasteiger partial charge in [0.1, 0.15) is 17.2 Å². The number of phosphoric ester groups is 1. The van der Waals surface area contributed by atoms with E-state index in [1.54, 1.807) is 0 Å². The highest BCUT2D eigenvalue weighted by atomic mass is 31.2. The number of rotatable bonds is 15. The maximum Gasteiger partial charge on any atom is 0.647 e. The summed E-state index contributed by atoms with van der Waals surface area (Å²) in [6.45, 7) is 13.2. The number of benzene rings is 9. The van der Waals surface area contributed by atoms with Crippen LogP contribution in [0.5, 0.6) is 17.2 Å². The highest BCUT2D eigenvalue weighted by Crippen LogP contribution is 2.58. The molecule has 9 rings (SSSR count). The van der Waals surface area contributed by atoms with E-state index in [1.165, 1.54) is 0 Å². The summed E-state index contributed by atoms with van der Waals surface area (Å²) in [5.41, 5.74) is 14.5. The molecule has 5 heteroatoms. The molecule has 0 unspecified atom stereocenters. The van der Waals surface area contributed by atoms with Gasteiger partial charge in [0, 0.05) is 16.7 Å². The van der Waals surface area contributed by atoms with Gasteiger partial charge in [-0.05, 0) is 103 Å². The predicted molar refractivity (Wildman–Crippen MR) is 284 cm³/mol. The van der Waals surface area contributed by atoms with Gasteiger partial charge in [0.15, 0.2) is 0 Å². The second kappa shape index (κ2) is 20.2. The van der Waals surface area contributed by atoms with Crippen molar-refractivity contribution in [1.29, 1.82) is 0 Å². The Labute approximate surface area is 402 Å². The van der Waals surface area contributed by atoms with Gasteiger partial charge in [-0.1, -0.05) is 242 Å². The molecule has 4 nitrogen and oxygen atoms in total. The second-order valence-corrected chi connectivity index (χ2v) is 19.5. The summed E-state index contributed by atoms with van der Waals surface area (Å²) in [5.74, 6) is 1.59. The van der Waals surface area contributed by atoms with Crippen molar-refractivity contribution in [3.8, 4) is 84.0 Å². The summed E-state index contributed by atoms with van der Waals surface area (Å²) in [6.07, 6.45) is 0. The predicted octanol–water partition coefficient (Wildman–Crippen LogP) is 18.7. The van der Waals surface area contributed by atoms with Crippen molar-refractivity contribution in [1.82, 2.24) is 0 Å². The van der Waals surface area contributed by atoms with Crippen molar-refractivity contribution in [3.63, 3.8) is 0 Å². The highest BCUT2D eigenvalue weighted by Gasteiger charge is 2.38. The molecular weight excluding hydrogens is 852 g/mol. The molecule has 0 fully saturated rings. The third kappa shape index (κ3) is 9.56. The van der Waals surface area contributed by atoms with Crippen LogP contribution in [0.25, 0.3) is 66.8 Å². The Hall–Kier alpha value is -7.39. The minimum absolute atomic E-state index is 0.162. The Balaban J connectivity index is 1.34. The van der Waals surface area contributed by atoms with E-state index in [9.17, 15) is 0 Å². The Morgan fingerprint density at radius 1 is 0.265 bits per heavy atom. The minimum Gasteiger partial charge on any atom is -0.385 e. The summed E-state index contributed by atoms with van der Waals surface area (Å²) in [4.78, 5) is 0. The lowest BCUT2D eigenvalue weighted by Gasteiger charge is -2.28. The molecule has 0 bridgehead atoms. The molecule has 0 heterocycles. The molecule has 0 aliphatic carbocycles. The molecule has 0 N–H and O–H groups in total. The van der Waals surface area contributed by atoms with Crippen molar-refractivity contribution in [2.75, 3.05) is 0 Å². The SMILES string of the molecule is CC(C)c1ccc(OP(=O)(Oc2ccc(C(C)C)c(-c3ccccc3)c2-c2ccccc2)Oc2ccc(C(C)C)c(-c3ccccc3)c2-c2ccccc2)c(-c2ccccc2)c1-c1ccccc1. The smallest absolute Gasteiger partial charge is 0.385 e. The molecule has 68 heavy (non-hydrogen) atoms. The van der Waals surface area contributed by atoms with Gasteiger partial charge in [0.2, 0.25) is 0 Å². The Kier molecular flexibility index (Phi) is 13.6. The molecule has 0 amide bonds. The fourth-order valence-electron chi connectivity index (χ4n) is 9.31. The van der Waals surface area contributed by atoms with Gasteiger partial charge in [-0.3, -0.25) is 0 Å². The lowest BCUT2D eigenvalue weighted by atomic mass is 9.86. The molecule has 0 saturated carbocycles. The van der Waals surface area contributed by atoms with Crippen LogP contribution in [-0.2, 0) is 4.57 Å².